The van der Waals surface area contributed by atoms with Gasteiger partial charge in [0.15, 0.2) is 11.6 Å². The number of nitrogens with zero attached hydrogens (tertiary/aromatic N) is 1. The maximum Gasteiger partial charge on any atom is 0.219 e. The van der Waals surface area contributed by atoms with E-state index in [9.17, 15) is 4.39 Å². The Labute approximate surface area is 118 Å². The van der Waals surface area contributed by atoms with Crippen LogP contribution in [0.25, 0.3) is 0 Å². The predicted molar refractivity (Wildman–Crippen MR) is 77.4 cm³/mol. The summed E-state index contributed by atoms with van der Waals surface area (Å²) in [4.78, 5) is 4.19. The number of benzene rings is 1. The number of halogens is 1. The van der Waals surface area contributed by atoms with Crippen LogP contribution in [0.5, 0.6) is 11.6 Å². The fraction of sp³-hybridized carbons (Fsp3) is 0.312. The molecule has 2 aromatic rings. The molecule has 1 heterocycles. The highest BCUT2D eigenvalue weighted by Gasteiger charge is 2.06. The van der Waals surface area contributed by atoms with Gasteiger partial charge in [0.05, 0.1) is 0 Å². The topological polar surface area (TPSA) is 34.1 Å². The normalized spacial score (nSPS) is 10.8. The van der Waals surface area contributed by atoms with Crippen molar-refractivity contribution in [2.75, 3.05) is 0 Å². The van der Waals surface area contributed by atoms with E-state index in [0.717, 1.165) is 17.7 Å². The monoisotopic (exact) mass is 274 g/mol. The Balaban J connectivity index is 2.05. The van der Waals surface area contributed by atoms with Crippen molar-refractivity contribution in [3.63, 3.8) is 0 Å². The van der Waals surface area contributed by atoms with Crippen LogP contribution in [0.2, 0.25) is 0 Å². The third-order valence-corrected chi connectivity index (χ3v) is 2.81. The van der Waals surface area contributed by atoms with E-state index < -0.39 is 0 Å². The van der Waals surface area contributed by atoms with Crippen molar-refractivity contribution >= 4 is 0 Å². The maximum absolute atomic E-state index is 13.6. The van der Waals surface area contributed by atoms with Gasteiger partial charge in [0.25, 0.3) is 0 Å². The number of nitrogens with one attached hydrogen (secondary N) is 1. The molecule has 0 saturated carbocycles. The van der Waals surface area contributed by atoms with Crippen LogP contribution in [0.1, 0.15) is 25.0 Å². The van der Waals surface area contributed by atoms with E-state index in [4.69, 9.17) is 4.74 Å². The average Bonchev–Trinajstić information content (AvgIpc) is 2.42. The van der Waals surface area contributed by atoms with Crippen LogP contribution in [0.4, 0.5) is 4.39 Å². The van der Waals surface area contributed by atoms with Crippen LogP contribution in [0, 0.1) is 12.7 Å². The number of pyridine rings is 1. The zero-order valence-corrected chi connectivity index (χ0v) is 12.0. The van der Waals surface area contributed by atoms with Crippen molar-refractivity contribution in [3.05, 3.63) is 53.5 Å². The fourth-order valence-electron chi connectivity index (χ4n) is 1.70. The molecule has 1 aromatic heterocycles. The van der Waals surface area contributed by atoms with Gasteiger partial charge in [-0.1, -0.05) is 26.0 Å². The molecule has 0 aliphatic heterocycles. The molecule has 4 heteroatoms. The second-order valence-corrected chi connectivity index (χ2v) is 5.08. The number of rotatable bonds is 5. The smallest absolute Gasteiger partial charge is 0.219 e. The SMILES string of the molecule is Cc1ccc(F)c(Oc2ccc(CNC(C)C)cn2)c1. The van der Waals surface area contributed by atoms with E-state index in [1.807, 2.05) is 13.0 Å². The minimum atomic E-state index is -0.386. The average molecular weight is 274 g/mol. The Morgan fingerprint density at radius 2 is 2.05 bits per heavy atom. The van der Waals surface area contributed by atoms with E-state index in [2.05, 4.69) is 24.1 Å². The standard InChI is InChI=1S/C16H19FN2O/c1-11(2)18-9-13-5-7-16(19-10-13)20-15-8-12(3)4-6-14(15)17/h4-8,10-11,18H,9H2,1-3H3. The van der Waals surface area contributed by atoms with Gasteiger partial charge in [-0.05, 0) is 30.2 Å². The van der Waals surface area contributed by atoms with Crippen molar-refractivity contribution in [2.24, 2.45) is 0 Å². The lowest BCUT2D eigenvalue weighted by Crippen LogP contribution is -2.21. The van der Waals surface area contributed by atoms with Crippen molar-refractivity contribution in [1.29, 1.82) is 0 Å². The highest BCUT2D eigenvalue weighted by atomic mass is 19.1. The first kappa shape index (κ1) is 14.5. The Morgan fingerprint density at radius 1 is 1.25 bits per heavy atom. The Bertz CT molecular complexity index is 567. The van der Waals surface area contributed by atoms with E-state index in [0.29, 0.717) is 11.9 Å². The van der Waals surface area contributed by atoms with Crippen LogP contribution in [-0.4, -0.2) is 11.0 Å². The van der Waals surface area contributed by atoms with Crippen LogP contribution in [0.15, 0.2) is 36.5 Å². The van der Waals surface area contributed by atoms with E-state index in [1.165, 1.54) is 6.07 Å². The Kier molecular flexibility index (Phi) is 4.69. The molecule has 0 spiro atoms. The van der Waals surface area contributed by atoms with Gasteiger partial charge in [-0.2, -0.15) is 0 Å². The molecule has 2 rings (SSSR count). The second-order valence-electron chi connectivity index (χ2n) is 5.08. The van der Waals surface area contributed by atoms with Crippen LogP contribution < -0.4 is 10.1 Å². The molecule has 0 atom stereocenters. The molecule has 0 aliphatic rings. The summed E-state index contributed by atoms with van der Waals surface area (Å²) in [5, 5.41) is 3.31. The van der Waals surface area contributed by atoms with Crippen LogP contribution in [-0.2, 0) is 6.54 Å². The predicted octanol–water partition coefficient (Wildman–Crippen LogP) is 3.82. The molecule has 1 N–H and O–H groups in total. The van der Waals surface area contributed by atoms with Gasteiger partial charge in [0, 0.05) is 24.8 Å². The summed E-state index contributed by atoms with van der Waals surface area (Å²) in [6.45, 7) is 6.82. The molecule has 0 saturated heterocycles. The first-order valence-electron chi connectivity index (χ1n) is 6.67. The van der Waals surface area contributed by atoms with Gasteiger partial charge in [-0.15, -0.1) is 0 Å². The fourth-order valence-corrected chi connectivity index (χ4v) is 1.70. The third-order valence-electron chi connectivity index (χ3n) is 2.81. The van der Waals surface area contributed by atoms with Crippen LogP contribution in [0.3, 0.4) is 0 Å². The van der Waals surface area contributed by atoms with Gasteiger partial charge in [0.1, 0.15) is 0 Å². The lowest BCUT2D eigenvalue weighted by atomic mass is 10.2. The summed E-state index contributed by atoms with van der Waals surface area (Å²) >= 11 is 0. The second kappa shape index (κ2) is 6.48. The molecule has 20 heavy (non-hydrogen) atoms. The zero-order chi connectivity index (χ0) is 14.5. The maximum atomic E-state index is 13.6. The third kappa shape index (κ3) is 4.03. The molecule has 106 valence electrons. The molecular weight excluding hydrogens is 255 g/mol. The zero-order valence-electron chi connectivity index (χ0n) is 12.0. The lowest BCUT2D eigenvalue weighted by Gasteiger charge is -2.09. The summed E-state index contributed by atoms with van der Waals surface area (Å²) < 4.78 is 19.0. The molecular formula is C16H19FN2O. The van der Waals surface area contributed by atoms with Crippen molar-refractivity contribution in [1.82, 2.24) is 10.3 Å². The molecule has 0 unspecified atom stereocenters. The van der Waals surface area contributed by atoms with E-state index >= 15 is 0 Å². The number of aryl methyl sites for hydroxylation is 1. The van der Waals surface area contributed by atoms with Crippen molar-refractivity contribution < 1.29 is 9.13 Å². The molecule has 0 fully saturated rings. The highest BCUT2D eigenvalue weighted by molar-refractivity contribution is 5.32. The Hall–Kier alpha value is -1.94. The minimum absolute atomic E-state index is 0.200. The molecule has 3 nitrogen and oxygen atoms in total. The summed E-state index contributed by atoms with van der Waals surface area (Å²) in [6, 6.07) is 8.85. The Morgan fingerprint density at radius 3 is 2.70 bits per heavy atom. The first-order chi connectivity index (χ1) is 9.54. The van der Waals surface area contributed by atoms with Crippen molar-refractivity contribution in [3.8, 4) is 11.6 Å². The molecule has 0 aliphatic carbocycles. The van der Waals surface area contributed by atoms with Gasteiger partial charge >= 0.3 is 0 Å². The van der Waals surface area contributed by atoms with Gasteiger partial charge < -0.3 is 10.1 Å². The number of hydrogen-bond donors (Lipinski definition) is 1. The molecule has 0 bridgehead atoms. The first-order valence-corrected chi connectivity index (χ1v) is 6.67. The number of hydrogen-bond acceptors (Lipinski definition) is 3. The van der Waals surface area contributed by atoms with Gasteiger partial charge in [-0.25, -0.2) is 9.37 Å². The van der Waals surface area contributed by atoms with E-state index in [-0.39, 0.29) is 11.6 Å². The minimum Gasteiger partial charge on any atom is -0.436 e. The summed E-state index contributed by atoms with van der Waals surface area (Å²) in [7, 11) is 0. The number of aromatic nitrogens is 1. The molecule has 1 aromatic carbocycles. The largest absolute Gasteiger partial charge is 0.436 e. The quantitative estimate of drug-likeness (QED) is 0.900. The van der Waals surface area contributed by atoms with Gasteiger partial charge in [0.2, 0.25) is 5.88 Å². The highest BCUT2D eigenvalue weighted by Crippen LogP contribution is 2.24. The lowest BCUT2D eigenvalue weighted by molar-refractivity contribution is 0.426. The summed E-state index contributed by atoms with van der Waals surface area (Å²) in [5.74, 6) is 0.205. The summed E-state index contributed by atoms with van der Waals surface area (Å²) in [6.07, 6.45) is 1.73. The molecule has 0 radical (unpaired) electrons. The van der Waals surface area contributed by atoms with E-state index in [1.54, 1.807) is 24.4 Å². The number of ether oxygens (including phenoxy) is 1. The molecule has 0 amide bonds. The van der Waals surface area contributed by atoms with Gasteiger partial charge in [-0.3, -0.25) is 0 Å². The van der Waals surface area contributed by atoms with Crippen LogP contribution >= 0.6 is 0 Å². The summed E-state index contributed by atoms with van der Waals surface area (Å²) in [5.41, 5.74) is 2.01. The van der Waals surface area contributed by atoms with Crippen molar-refractivity contribution in [2.45, 2.75) is 33.4 Å².